The van der Waals surface area contributed by atoms with Gasteiger partial charge in [-0.15, -0.1) is 0 Å². The summed E-state index contributed by atoms with van der Waals surface area (Å²) < 4.78 is 98.1. The van der Waals surface area contributed by atoms with Gasteiger partial charge in [0, 0.05) is 22.5 Å². The van der Waals surface area contributed by atoms with Crippen molar-refractivity contribution in [3.05, 3.63) is 58.7 Å². The number of benzene rings is 2. The third-order valence-corrected chi connectivity index (χ3v) is 5.19. The van der Waals surface area contributed by atoms with Gasteiger partial charge < -0.3 is 10.1 Å². The highest BCUT2D eigenvalue weighted by Crippen LogP contribution is 2.53. The minimum Gasteiger partial charge on any atom is -0.446 e. The summed E-state index contributed by atoms with van der Waals surface area (Å²) in [6, 6.07) is 6.52. The zero-order valence-electron chi connectivity index (χ0n) is 19.1. The smallest absolute Gasteiger partial charge is 0.435 e. The van der Waals surface area contributed by atoms with Crippen LogP contribution >= 0.6 is 0 Å². The second-order valence-electron chi connectivity index (χ2n) is 7.92. The molecule has 0 saturated carbocycles. The lowest BCUT2D eigenvalue weighted by Gasteiger charge is -2.31. The average molecular weight is 508 g/mol. The van der Waals surface area contributed by atoms with Crippen LogP contribution in [0.2, 0.25) is 0 Å². The van der Waals surface area contributed by atoms with Crippen LogP contribution in [0.5, 0.6) is 0 Å². The van der Waals surface area contributed by atoms with Crippen LogP contribution in [0.25, 0.3) is 0 Å². The number of ether oxygens (including phenoxy) is 1. The van der Waals surface area contributed by atoms with E-state index in [1.54, 1.807) is 6.92 Å². The van der Waals surface area contributed by atoms with Gasteiger partial charge in [0.15, 0.2) is 0 Å². The van der Waals surface area contributed by atoms with E-state index in [2.05, 4.69) is 10.6 Å². The maximum absolute atomic E-state index is 14.4. The van der Waals surface area contributed by atoms with Crippen molar-refractivity contribution in [2.75, 3.05) is 10.6 Å². The van der Waals surface area contributed by atoms with Crippen molar-refractivity contribution in [3.63, 3.8) is 0 Å². The van der Waals surface area contributed by atoms with Crippen LogP contribution in [0.1, 0.15) is 47.3 Å². The van der Waals surface area contributed by atoms with Crippen molar-refractivity contribution in [3.8, 4) is 0 Å². The van der Waals surface area contributed by atoms with Crippen LogP contribution in [0.15, 0.2) is 36.4 Å². The second-order valence-corrected chi connectivity index (χ2v) is 7.92. The molecule has 2 N–H and O–H groups in total. The van der Waals surface area contributed by atoms with E-state index in [0.29, 0.717) is 18.6 Å². The van der Waals surface area contributed by atoms with Gasteiger partial charge in [-0.25, -0.2) is 9.18 Å². The van der Waals surface area contributed by atoms with E-state index in [-0.39, 0.29) is 34.2 Å². The summed E-state index contributed by atoms with van der Waals surface area (Å²) in [5, 5.41) is 4.92. The summed E-state index contributed by atoms with van der Waals surface area (Å²) in [6.45, 7) is 5.72. The summed E-state index contributed by atoms with van der Waals surface area (Å²) >= 11 is 0. The highest BCUT2D eigenvalue weighted by atomic mass is 19.4. The first kappa shape index (κ1) is 27.9. The SMILES string of the molecule is CCC(C)OC(=O)Nc1cccc(NC(=O)c2c(C)cc(C(F)(C(F)(F)F)C(F)(F)F)cc2C)c1. The number of amides is 2. The lowest BCUT2D eigenvalue weighted by molar-refractivity contribution is -0.348. The normalized spacial score (nSPS) is 13.2. The Labute approximate surface area is 196 Å². The summed E-state index contributed by atoms with van der Waals surface area (Å²) in [5.74, 6) is -0.852. The summed E-state index contributed by atoms with van der Waals surface area (Å²) in [5.41, 5.74) is -7.65. The Morgan fingerprint density at radius 3 is 1.83 bits per heavy atom. The Morgan fingerprint density at radius 2 is 1.37 bits per heavy atom. The molecule has 1 unspecified atom stereocenters. The molecule has 0 radical (unpaired) electrons. The van der Waals surface area contributed by atoms with Gasteiger partial charge in [-0.05, 0) is 56.5 Å². The van der Waals surface area contributed by atoms with Gasteiger partial charge in [0.05, 0.1) is 0 Å². The summed E-state index contributed by atoms with van der Waals surface area (Å²) in [6.07, 6.45) is -13.0. The Hall–Kier alpha value is -3.31. The standard InChI is InChI=1S/C23H23F7N2O3/c1-5-14(4)35-20(34)32-17-8-6-7-16(11-17)31-19(33)18-12(2)9-15(10-13(18)3)21(24,22(25,26)27)23(28,29)30/h6-11,14H,5H2,1-4H3,(H,31,33)(H,32,34). The molecular formula is C23H23F7N2O3. The van der Waals surface area contributed by atoms with Crippen LogP contribution in [-0.2, 0) is 10.4 Å². The molecular weight excluding hydrogens is 485 g/mol. The molecule has 5 nitrogen and oxygen atoms in total. The maximum Gasteiger partial charge on any atom is 0.435 e. The van der Waals surface area contributed by atoms with Crippen LogP contribution in [0, 0.1) is 13.8 Å². The predicted molar refractivity (Wildman–Crippen MR) is 115 cm³/mol. The van der Waals surface area contributed by atoms with Gasteiger partial charge in [0.25, 0.3) is 5.91 Å². The molecule has 2 amide bonds. The van der Waals surface area contributed by atoms with Crippen molar-refractivity contribution in [1.29, 1.82) is 0 Å². The molecule has 192 valence electrons. The van der Waals surface area contributed by atoms with Gasteiger partial charge in [-0.3, -0.25) is 10.1 Å². The number of rotatable bonds is 6. The molecule has 0 aromatic heterocycles. The number of aryl methyl sites for hydroxylation is 2. The minimum absolute atomic E-state index is 0.171. The van der Waals surface area contributed by atoms with Crippen LogP contribution in [-0.4, -0.2) is 30.5 Å². The molecule has 0 saturated heterocycles. The third kappa shape index (κ3) is 6.04. The van der Waals surface area contributed by atoms with Crippen LogP contribution in [0.3, 0.4) is 0 Å². The van der Waals surface area contributed by atoms with E-state index in [4.69, 9.17) is 4.74 Å². The Bertz CT molecular complexity index is 1060. The van der Waals surface area contributed by atoms with Crippen molar-refractivity contribution < 1.29 is 45.1 Å². The number of nitrogens with one attached hydrogen (secondary N) is 2. The van der Waals surface area contributed by atoms with Gasteiger partial charge >= 0.3 is 24.1 Å². The Balaban J connectivity index is 2.33. The number of hydrogen-bond acceptors (Lipinski definition) is 3. The minimum atomic E-state index is -6.27. The highest BCUT2D eigenvalue weighted by Gasteiger charge is 2.73. The molecule has 12 heteroatoms. The predicted octanol–water partition coefficient (Wildman–Crippen LogP) is 7.19. The maximum atomic E-state index is 14.4. The van der Waals surface area contributed by atoms with E-state index in [0.717, 1.165) is 13.8 Å². The molecule has 35 heavy (non-hydrogen) atoms. The molecule has 2 aromatic rings. The fourth-order valence-corrected chi connectivity index (χ4v) is 3.29. The largest absolute Gasteiger partial charge is 0.446 e. The molecule has 0 bridgehead atoms. The Morgan fingerprint density at radius 1 is 0.886 bits per heavy atom. The number of carbonyl (C=O) groups is 2. The first-order valence-electron chi connectivity index (χ1n) is 10.3. The number of anilines is 2. The lowest BCUT2D eigenvalue weighted by Crippen LogP contribution is -2.50. The van der Waals surface area contributed by atoms with Crippen LogP contribution < -0.4 is 10.6 Å². The molecule has 0 aliphatic carbocycles. The van der Waals surface area contributed by atoms with Crippen molar-refractivity contribution in [1.82, 2.24) is 0 Å². The zero-order chi connectivity index (χ0) is 26.8. The number of hydrogen-bond donors (Lipinski definition) is 2. The number of halogens is 7. The molecule has 0 aliphatic rings. The first-order valence-corrected chi connectivity index (χ1v) is 10.3. The fraction of sp³-hybridized carbons (Fsp3) is 0.391. The van der Waals surface area contributed by atoms with E-state index in [1.807, 2.05) is 6.92 Å². The van der Waals surface area contributed by atoms with E-state index >= 15 is 0 Å². The van der Waals surface area contributed by atoms with Gasteiger partial charge in [-0.1, -0.05) is 25.1 Å². The van der Waals surface area contributed by atoms with Crippen molar-refractivity contribution >= 4 is 23.4 Å². The molecule has 0 spiro atoms. The van der Waals surface area contributed by atoms with Gasteiger partial charge in [-0.2, -0.15) is 26.3 Å². The third-order valence-electron chi connectivity index (χ3n) is 5.19. The summed E-state index contributed by atoms with van der Waals surface area (Å²) in [4.78, 5) is 24.6. The lowest BCUT2D eigenvalue weighted by atomic mass is 9.88. The Kier molecular flexibility index (Phi) is 8.08. The number of carbonyl (C=O) groups excluding carboxylic acids is 2. The topological polar surface area (TPSA) is 67.4 Å². The average Bonchev–Trinajstić information content (AvgIpc) is 2.70. The molecule has 2 rings (SSSR count). The zero-order valence-corrected chi connectivity index (χ0v) is 19.1. The number of alkyl halides is 7. The molecule has 0 aliphatic heterocycles. The molecule has 0 fully saturated rings. The van der Waals surface area contributed by atoms with E-state index < -0.39 is 35.6 Å². The quantitative estimate of drug-likeness (QED) is 0.406. The highest BCUT2D eigenvalue weighted by molar-refractivity contribution is 6.06. The second kappa shape index (κ2) is 10.1. The molecule has 2 aromatic carbocycles. The van der Waals surface area contributed by atoms with E-state index in [9.17, 15) is 40.3 Å². The monoisotopic (exact) mass is 508 g/mol. The van der Waals surface area contributed by atoms with Crippen molar-refractivity contribution in [2.24, 2.45) is 0 Å². The van der Waals surface area contributed by atoms with Gasteiger partial charge in [0.1, 0.15) is 6.10 Å². The molecule has 0 heterocycles. The van der Waals surface area contributed by atoms with Crippen LogP contribution in [0.4, 0.5) is 46.9 Å². The van der Waals surface area contributed by atoms with Crippen molar-refractivity contribution in [2.45, 2.75) is 58.2 Å². The summed E-state index contributed by atoms with van der Waals surface area (Å²) in [7, 11) is 0. The fourth-order valence-electron chi connectivity index (χ4n) is 3.29. The van der Waals surface area contributed by atoms with E-state index in [1.165, 1.54) is 24.3 Å². The van der Waals surface area contributed by atoms with Gasteiger partial charge in [0.2, 0.25) is 0 Å². The molecule has 1 atom stereocenters. The first-order chi connectivity index (χ1) is 16.0.